The van der Waals surface area contributed by atoms with Crippen LogP contribution in [0.25, 0.3) is 0 Å². The molecule has 4 heteroatoms. The van der Waals surface area contributed by atoms with Crippen molar-refractivity contribution < 1.29 is 26.2 Å². The van der Waals surface area contributed by atoms with E-state index in [-0.39, 0.29) is 70.9 Å². The monoisotopic (exact) mass is 213 g/mol. The van der Waals surface area contributed by atoms with Gasteiger partial charge in [-0.05, 0) is 0 Å². The fraction of sp³-hybridized carbons (Fsp3) is 0. The average Bonchev–Trinajstić information content (AvgIpc) is 0. The maximum absolute atomic E-state index is 0. The van der Waals surface area contributed by atoms with Crippen LogP contribution in [0.2, 0.25) is 0 Å². The number of halogens is 3. The van der Waals surface area contributed by atoms with Crippen LogP contribution in [-0.4, -0.2) is 0 Å². The van der Waals surface area contributed by atoms with Crippen molar-refractivity contribution in [2.75, 3.05) is 0 Å². The molecule has 0 N–H and O–H groups in total. The molecule has 0 nitrogen and oxygen atoms in total. The Morgan fingerprint density at radius 3 is 0.600 bits per heavy atom. The van der Waals surface area contributed by atoms with E-state index >= 15 is 0 Å². The predicted molar refractivity (Wildman–Crippen MR) is 28.2 cm³/mol. The van der Waals surface area contributed by atoms with E-state index in [1.54, 1.807) is 0 Å². The van der Waals surface area contributed by atoms with Gasteiger partial charge in [0.2, 0.25) is 0 Å². The van der Waals surface area contributed by atoms with Gasteiger partial charge in [-0.15, -0.1) is 37.2 Å². The zero-order chi connectivity index (χ0) is 0. The van der Waals surface area contributed by atoms with Crippen molar-refractivity contribution in [3.05, 3.63) is 7.43 Å². The third kappa shape index (κ3) is 26.4. The molecule has 0 unspecified atom stereocenters. The van der Waals surface area contributed by atoms with Gasteiger partial charge in [0.1, 0.15) is 0 Å². The Bertz CT molecular complexity index is 6.85. The fourth-order valence-corrected chi connectivity index (χ4v) is 0. The smallest absolute Gasteiger partial charge is 0 e. The zero-order valence-electron chi connectivity index (χ0n) is 2.72. The first-order valence-corrected chi connectivity index (χ1v) is 0. The van der Waals surface area contributed by atoms with Gasteiger partial charge in [0.25, 0.3) is 0 Å². The molecule has 0 radical (unpaired) electrons. The Labute approximate surface area is 70.4 Å². The Morgan fingerprint density at radius 1 is 0.600 bits per heavy atom. The standard InChI is InChI=1S/CH3.3ClH.Zr/h1H3;3*1H;/q-1;;;;. The largest absolute Gasteiger partial charge is 0.358 e. The summed E-state index contributed by atoms with van der Waals surface area (Å²) in [5, 5.41) is 0. The molecular formula is CH6Cl3Zr-. The maximum Gasteiger partial charge on any atom is 0 e. The van der Waals surface area contributed by atoms with Gasteiger partial charge in [0, 0.05) is 26.2 Å². The second kappa shape index (κ2) is 42.3. The Balaban J connectivity index is 0. The van der Waals surface area contributed by atoms with Crippen molar-refractivity contribution >= 4 is 37.2 Å². The van der Waals surface area contributed by atoms with Gasteiger partial charge in [-0.2, -0.15) is 0 Å². The van der Waals surface area contributed by atoms with Crippen LogP contribution in [0.5, 0.6) is 0 Å². The van der Waals surface area contributed by atoms with Crippen LogP contribution < -0.4 is 0 Å². The van der Waals surface area contributed by atoms with Crippen molar-refractivity contribution in [1.29, 1.82) is 0 Å². The first kappa shape index (κ1) is 72.7. The molecule has 0 amide bonds. The molecule has 0 aliphatic rings. The molecule has 0 aromatic rings. The summed E-state index contributed by atoms with van der Waals surface area (Å²) in [5.41, 5.74) is 0. The first-order chi connectivity index (χ1) is 0. The van der Waals surface area contributed by atoms with Gasteiger partial charge in [-0.1, -0.05) is 0 Å². The van der Waals surface area contributed by atoms with Gasteiger partial charge in [-0.25, -0.2) is 0 Å². The summed E-state index contributed by atoms with van der Waals surface area (Å²) in [4.78, 5) is 0. The number of hydrogen-bond acceptors (Lipinski definition) is 0. The van der Waals surface area contributed by atoms with Gasteiger partial charge in [-0.3, -0.25) is 0 Å². The summed E-state index contributed by atoms with van der Waals surface area (Å²) in [6.07, 6.45) is 0. The Hall–Kier alpha value is 1.75. The van der Waals surface area contributed by atoms with Gasteiger partial charge < -0.3 is 7.43 Å². The van der Waals surface area contributed by atoms with Crippen LogP contribution in [0.1, 0.15) is 0 Å². The molecule has 0 saturated carbocycles. The van der Waals surface area contributed by atoms with Crippen LogP contribution >= 0.6 is 37.2 Å². The van der Waals surface area contributed by atoms with E-state index in [0.29, 0.717) is 0 Å². The summed E-state index contributed by atoms with van der Waals surface area (Å²) < 4.78 is 0. The quantitative estimate of drug-likeness (QED) is 0.540. The molecular weight excluding hydrogens is 210 g/mol. The molecule has 0 aromatic carbocycles. The Kier molecular flexibility index (Phi) is 615. The SMILES string of the molecule is Cl.Cl.Cl.[CH3-].[Zr]. The fourth-order valence-electron chi connectivity index (χ4n) is 0. The van der Waals surface area contributed by atoms with Crippen LogP contribution in [0.3, 0.4) is 0 Å². The maximum atomic E-state index is 0. The Morgan fingerprint density at radius 2 is 0.600 bits per heavy atom. The molecule has 0 aliphatic heterocycles. The van der Waals surface area contributed by atoms with Gasteiger partial charge in [0.05, 0.1) is 0 Å². The van der Waals surface area contributed by atoms with Crippen LogP contribution in [0.15, 0.2) is 0 Å². The van der Waals surface area contributed by atoms with E-state index in [1.165, 1.54) is 0 Å². The van der Waals surface area contributed by atoms with Crippen molar-refractivity contribution in [2.24, 2.45) is 0 Å². The molecule has 0 spiro atoms. The molecule has 0 saturated heterocycles. The van der Waals surface area contributed by atoms with E-state index < -0.39 is 0 Å². The summed E-state index contributed by atoms with van der Waals surface area (Å²) in [7, 11) is 0. The minimum Gasteiger partial charge on any atom is -0.358 e. The minimum atomic E-state index is 0. The minimum absolute atomic E-state index is 0. The van der Waals surface area contributed by atoms with Gasteiger partial charge in [0.15, 0.2) is 0 Å². The van der Waals surface area contributed by atoms with E-state index in [1.807, 2.05) is 0 Å². The summed E-state index contributed by atoms with van der Waals surface area (Å²) >= 11 is 0. The van der Waals surface area contributed by atoms with Crippen molar-refractivity contribution in [3.63, 3.8) is 0 Å². The van der Waals surface area contributed by atoms with Crippen molar-refractivity contribution in [2.45, 2.75) is 0 Å². The van der Waals surface area contributed by atoms with Crippen molar-refractivity contribution in [1.82, 2.24) is 0 Å². The molecule has 0 aromatic heterocycles. The van der Waals surface area contributed by atoms with E-state index in [4.69, 9.17) is 0 Å². The second-order valence-electron chi connectivity index (χ2n) is 0. The molecule has 0 rings (SSSR count). The molecule has 36 valence electrons. The summed E-state index contributed by atoms with van der Waals surface area (Å²) in [6, 6.07) is 0. The number of hydrogen-bond donors (Lipinski definition) is 0. The number of rotatable bonds is 0. The predicted octanol–water partition coefficient (Wildman–Crippen LogP) is 1.71. The molecule has 0 atom stereocenters. The van der Waals surface area contributed by atoms with E-state index in [9.17, 15) is 0 Å². The topological polar surface area (TPSA) is 0 Å². The molecule has 0 heterocycles. The average molecular weight is 216 g/mol. The van der Waals surface area contributed by atoms with Crippen LogP contribution in [-0.2, 0) is 26.2 Å². The third-order valence-electron chi connectivity index (χ3n) is 0. The molecule has 0 fully saturated rings. The summed E-state index contributed by atoms with van der Waals surface area (Å²) in [6.45, 7) is 0. The molecule has 0 bridgehead atoms. The van der Waals surface area contributed by atoms with Crippen LogP contribution in [0, 0.1) is 7.43 Å². The van der Waals surface area contributed by atoms with Crippen molar-refractivity contribution in [3.8, 4) is 0 Å². The first-order valence-electron chi connectivity index (χ1n) is 0. The third-order valence-corrected chi connectivity index (χ3v) is 0. The van der Waals surface area contributed by atoms with Gasteiger partial charge >= 0.3 is 0 Å². The zero-order valence-corrected chi connectivity index (χ0v) is 7.63. The van der Waals surface area contributed by atoms with Crippen LogP contribution in [0.4, 0.5) is 0 Å². The normalized spacial score (nSPS) is 0. The van der Waals surface area contributed by atoms with E-state index in [0.717, 1.165) is 0 Å². The second-order valence-corrected chi connectivity index (χ2v) is 0. The summed E-state index contributed by atoms with van der Waals surface area (Å²) in [5.74, 6) is 0. The molecule has 5 heavy (non-hydrogen) atoms. The van der Waals surface area contributed by atoms with E-state index in [2.05, 4.69) is 0 Å². The molecule has 0 aliphatic carbocycles.